The van der Waals surface area contributed by atoms with Crippen LogP contribution in [0.15, 0.2) is 60.7 Å². The molecule has 0 saturated carbocycles. The van der Waals surface area contributed by atoms with Crippen LogP contribution in [-0.2, 0) is 0 Å². The molecule has 23 heavy (non-hydrogen) atoms. The topological polar surface area (TPSA) is 60.2 Å². The van der Waals surface area contributed by atoms with E-state index in [1.54, 1.807) is 24.3 Å². The van der Waals surface area contributed by atoms with E-state index in [0.29, 0.717) is 5.56 Å². The van der Waals surface area contributed by atoms with Crippen LogP contribution in [-0.4, -0.2) is 10.7 Å². The lowest BCUT2D eigenvalue weighted by Crippen LogP contribution is -2.01. The highest BCUT2D eigenvalue weighted by Crippen LogP contribution is 2.34. The Morgan fingerprint density at radius 3 is 2.52 bits per heavy atom. The second-order valence-electron chi connectivity index (χ2n) is 5.47. The van der Waals surface area contributed by atoms with Gasteiger partial charge in [0.1, 0.15) is 0 Å². The summed E-state index contributed by atoms with van der Waals surface area (Å²) in [6, 6.07) is 16.1. The van der Waals surface area contributed by atoms with E-state index in [0.717, 1.165) is 27.5 Å². The molecular formula is C19H11NO3. The summed E-state index contributed by atoms with van der Waals surface area (Å²) in [4.78, 5) is 22.6. The molecule has 1 aliphatic carbocycles. The molecule has 4 nitrogen and oxygen atoms in total. The van der Waals surface area contributed by atoms with Crippen LogP contribution in [0.2, 0.25) is 0 Å². The molecule has 0 fully saturated rings. The van der Waals surface area contributed by atoms with Crippen molar-refractivity contribution in [3.63, 3.8) is 0 Å². The lowest BCUT2D eigenvalue weighted by molar-refractivity contribution is -0.384. The Hall–Kier alpha value is -3.27. The molecule has 1 aliphatic rings. The SMILES string of the molecule is O=C1C=Cc2cc(-c3cccc([N+](=O)[O-])c3)cc3cccc1c23. The molecule has 0 radical (unpaired) electrons. The van der Waals surface area contributed by atoms with Crippen LogP contribution in [0, 0.1) is 10.1 Å². The molecule has 0 heterocycles. The van der Waals surface area contributed by atoms with Gasteiger partial charge in [0.15, 0.2) is 5.78 Å². The summed E-state index contributed by atoms with van der Waals surface area (Å²) >= 11 is 0. The van der Waals surface area contributed by atoms with Gasteiger partial charge in [0.2, 0.25) is 0 Å². The second-order valence-corrected chi connectivity index (χ2v) is 5.47. The summed E-state index contributed by atoms with van der Waals surface area (Å²) in [5.41, 5.74) is 3.40. The molecule has 110 valence electrons. The summed E-state index contributed by atoms with van der Waals surface area (Å²) < 4.78 is 0. The first-order valence-corrected chi connectivity index (χ1v) is 7.17. The molecular weight excluding hydrogens is 290 g/mol. The Kier molecular flexibility index (Phi) is 2.84. The molecule has 0 spiro atoms. The second kappa shape index (κ2) is 4.88. The van der Waals surface area contributed by atoms with Gasteiger partial charge in [-0.1, -0.05) is 36.4 Å². The summed E-state index contributed by atoms with van der Waals surface area (Å²) in [6.45, 7) is 0. The van der Waals surface area contributed by atoms with Crippen molar-refractivity contribution in [3.8, 4) is 11.1 Å². The quantitative estimate of drug-likeness (QED) is 0.512. The van der Waals surface area contributed by atoms with E-state index in [9.17, 15) is 14.9 Å². The average molecular weight is 301 g/mol. The Morgan fingerprint density at radius 1 is 0.870 bits per heavy atom. The number of allylic oxidation sites excluding steroid dienone is 1. The number of carbonyl (C=O) groups excluding carboxylic acids is 1. The lowest BCUT2D eigenvalue weighted by Gasteiger charge is -2.14. The van der Waals surface area contributed by atoms with Crippen molar-refractivity contribution in [2.45, 2.75) is 0 Å². The molecule has 0 unspecified atom stereocenters. The van der Waals surface area contributed by atoms with E-state index in [1.807, 2.05) is 36.4 Å². The van der Waals surface area contributed by atoms with Crippen molar-refractivity contribution < 1.29 is 9.72 Å². The molecule has 3 aromatic carbocycles. The van der Waals surface area contributed by atoms with E-state index in [4.69, 9.17) is 0 Å². The number of nitro benzene ring substituents is 1. The molecule has 4 rings (SSSR count). The van der Waals surface area contributed by atoms with Gasteiger partial charge in [-0.25, -0.2) is 0 Å². The summed E-state index contributed by atoms with van der Waals surface area (Å²) in [5, 5.41) is 12.9. The number of nitro groups is 1. The number of non-ortho nitro benzene ring substituents is 1. The maximum Gasteiger partial charge on any atom is 0.270 e. The third-order valence-electron chi connectivity index (χ3n) is 4.08. The predicted octanol–water partition coefficient (Wildman–Crippen LogP) is 4.62. The van der Waals surface area contributed by atoms with E-state index in [1.165, 1.54) is 6.07 Å². The molecule has 0 atom stereocenters. The number of rotatable bonds is 2. The standard InChI is InChI=1S/C19H11NO3/c21-18-8-7-14-10-15(9-13-4-2-6-17(18)19(13)14)12-3-1-5-16(11-12)20(22)23/h1-11H. The van der Waals surface area contributed by atoms with Crippen molar-refractivity contribution >= 4 is 28.3 Å². The molecule has 0 amide bonds. The zero-order valence-electron chi connectivity index (χ0n) is 12.0. The Bertz CT molecular complexity index is 1020. The fourth-order valence-electron chi connectivity index (χ4n) is 3.02. The van der Waals surface area contributed by atoms with E-state index >= 15 is 0 Å². The predicted molar refractivity (Wildman–Crippen MR) is 89.4 cm³/mol. The van der Waals surface area contributed by atoms with Crippen LogP contribution < -0.4 is 0 Å². The Balaban J connectivity index is 1.97. The third kappa shape index (κ3) is 2.12. The van der Waals surface area contributed by atoms with E-state index in [2.05, 4.69) is 0 Å². The molecule has 0 saturated heterocycles. The first kappa shape index (κ1) is 13.4. The van der Waals surface area contributed by atoms with Crippen LogP contribution in [0.25, 0.3) is 28.0 Å². The number of hydrogen-bond acceptors (Lipinski definition) is 3. The van der Waals surface area contributed by atoms with Gasteiger partial charge in [-0.05, 0) is 40.3 Å². The van der Waals surface area contributed by atoms with Crippen molar-refractivity contribution in [2.75, 3.05) is 0 Å². The number of benzene rings is 3. The van der Waals surface area contributed by atoms with Gasteiger partial charge < -0.3 is 0 Å². The number of hydrogen-bond donors (Lipinski definition) is 0. The highest BCUT2D eigenvalue weighted by atomic mass is 16.6. The van der Waals surface area contributed by atoms with Crippen molar-refractivity contribution in [1.82, 2.24) is 0 Å². The van der Waals surface area contributed by atoms with Gasteiger partial charge >= 0.3 is 0 Å². The fourth-order valence-corrected chi connectivity index (χ4v) is 3.02. The van der Waals surface area contributed by atoms with Gasteiger partial charge in [-0.2, -0.15) is 0 Å². The summed E-state index contributed by atoms with van der Waals surface area (Å²) in [5.74, 6) is 0.00574. The van der Waals surface area contributed by atoms with Gasteiger partial charge in [0, 0.05) is 23.1 Å². The minimum Gasteiger partial charge on any atom is -0.289 e. The van der Waals surface area contributed by atoms with Gasteiger partial charge in [-0.15, -0.1) is 0 Å². The van der Waals surface area contributed by atoms with Crippen LogP contribution in [0.1, 0.15) is 15.9 Å². The monoisotopic (exact) mass is 301 g/mol. The molecule has 0 N–H and O–H groups in total. The smallest absolute Gasteiger partial charge is 0.270 e. The highest BCUT2D eigenvalue weighted by Gasteiger charge is 2.16. The number of carbonyl (C=O) groups is 1. The summed E-state index contributed by atoms with van der Waals surface area (Å²) in [7, 11) is 0. The van der Waals surface area contributed by atoms with Gasteiger partial charge in [0.25, 0.3) is 5.69 Å². The third-order valence-corrected chi connectivity index (χ3v) is 4.08. The van der Waals surface area contributed by atoms with Crippen LogP contribution in [0.4, 0.5) is 5.69 Å². The van der Waals surface area contributed by atoms with Crippen LogP contribution in [0.3, 0.4) is 0 Å². The van der Waals surface area contributed by atoms with Crippen LogP contribution >= 0.6 is 0 Å². The molecule has 0 aromatic heterocycles. The molecule has 4 heteroatoms. The van der Waals surface area contributed by atoms with E-state index < -0.39 is 4.92 Å². The zero-order valence-corrected chi connectivity index (χ0v) is 12.0. The molecule has 0 bridgehead atoms. The Morgan fingerprint density at radius 2 is 1.70 bits per heavy atom. The normalized spacial score (nSPS) is 12.6. The number of nitrogens with zero attached hydrogens (tertiary/aromatic N) is 1. The van der Waals surface area contributed by atoms with Crippen LogP contribution in [0.5, 0.6) is 0 Å². The number of ketones is 1. The first-order valence-electron chi connectivity index (χ1n) is 7.17. The average Bonchev–Trinajstić information content (AvgIpc) is 2.58. The fraction of sp³-hybridized carbons (Fsp3) is 0. The van der Waals surface area contributed by atoms with Crippen molar-refractivity contribution in [1.29, 1.82) is 0 Å². The van der Waals surface area contributed by atoms with E-state index in [-0.39, 0.29) is 11.5 Å². The van der Waals surface area contributed by atoms with Crippen molar-refractivity contribution in [2.24, 2.45) is 0 Å². The first-order chi connectivity index (χ1) is 11.1. The molecule has 0 aliphatic heterocycles. The van der Waals surface area contributed by atoms with Gasteiger partial charge in [0.05, 0.1) is 4.92 Å². The highest BCUT2D eigenvalue weighted by molar-refractivity contribution is 6.20. The molecule has 3 aromatic rings. The maximum atomic E-state index is 12.0. The summed E-state index contributed by atoms with van der Waals surface area (Å²) in [6.07, 6.45) is 3.37. The lowest BCUT2D eigenvalue weighted by atomic mass is 9.89. The maximum absolute atomic E-state index is 12.0. The van der Waals surface area contributed by atoms with Crippen molar-refractivity contribution in [3.05, 3.63) is 81.9 Å². The Labute approximate surface area is 131 Å². The van der Waals surface area contributed by atoms with Gasteiger partial charge in [-0.3, -0.25) is 14.9 Å². The largest absolute Gasteiger partial charge is 0.289 e. The minimum absolute atomic E-state index is 0.00574. The zero-order chi connectivity index (χ0) is 16.0. The minimum atomic E-state index is -0.398.